The number of hydrogen-bond donors (Lipinski definition) is 0. The Bertz CT molecular complexity index is 1020. The van der Waals surface area contributed by atoms with Crippen molar-refractivity contribution in [2.45, 2.75) is 19.4 Å². The average molecular weight is 458 g/mol. The predicted octanol–water partition coefficient (Wildman–Crippen LogP) is 3.27. The third-order valence-corrected chi connectivity index (χ3v) is 5.24. The van der Waals surface area contributed by atoms with E-state index >= 15 is 0 Å². The number of aryl methyl sites for hydroxylation is 1. The second kappa shape index (κ2) is 10.3. The smallest absolute Gasteiger partial charge is 0.261 e. The van der Waals surface area contributed by atoms with Crippen LogP contribution in [0, 0.1) is 0 Å². The van der Waals surface area contributed by atoms with Gasteiger partial charge in [0.15, 0.2) is 0 Å². The summed E-state index contributed by atoms with van der Waals surface area (Å²) in [6.07, 6.45) is 3.18. The molecule has 0 saturated heterocycles. The summed E-state index contributed by atoms with van der Waals surface area (Å²) in [6.45, 7) is 1.52. The molecule has 0 unspecified atom stereocenters. The molecule has 29 heavy (non-hydrogen) atoms. The van der Waals surface area contributed by atoms with Crippen LogP contribution in [0.2, 0.25) is 0 Å². The summed E-state index contributed by atoms with van der Waals surface area (Å²) < 4.78 is 7.32. The largest absolute Gasteiger partial charge is 0.383 e. The monoisotopic (exact) mass is 457 g/mol. The highest BCUT2D eigenvalue weighted by Gasteiger charge is 2.15. The Labute approximate surface area is 178 Å². The molecule has 6 nitrogen and oxygen atoms in total. The molecule has 3 rings (SSSR count). The number of benzene rings is 2. The molecule has 0 radical (unpaired) electrons. The molecule has 0 N–H and O–H groups in total. The lowest BCUT2D eigenvalue weighted by atomic mass is 10.1. The minimum Gasteiger partial charge on any atom is -0.383 e. The van der Waals surface area contributed by atoms with Crippen LogP contribution in [0.4, 0.5) is 0 Å². The van der Waals surface area contributed by atoms with Crippen molar-refractivity contribution < 1.29 is 9.53 Å². The summed E-state index contributed by atoms with van der Waals surface area (Å²) in [5.74, 6) is -0.117. The molecule has 0 bridgehead atoms. The fourth-order valence-corrected chi connectivity index (χ4v) is 3.53. The molecule has 2 aromatic carbocycles. The molecule has 7 heteroatoms. The maximum Gasteiger partial charge on any atom is 0.261 e. The van der Waals surface area contributed by atoms with Crippen molar-refractivity contribution in [2.24, 2.45) is 0 Å². The van der Waals surface area contributed by atoms with Crippen LogP contribution in [0.1, 0.15) is 12.0 Å². The standard InChI is InChI=1S/C22H24BrN3O3/c1-29-13-12-25(11-5-8-17-6-3-2-4-7-17)21(27)15-26-16-24-20-10-9-18(23)14-19(20)22(26)28/h2-4,6-7,9-10,14,16H,5,8,11-13,15H2,1H3. The van der Waals surface area contributed by atoms with Crippen molar-refractivity contribution in [2.75, 3.05) is 26.8 Å². The van der Waals surface area contributed by atoms with Gasteiger partial charge < -0.3 is 9.64 Å². The zero-order chi connectivity index (χ0) is 20.6. The lowest BCUT2D eigenvalue weighted by molar-refractivity contribution is -0.132. The highest BCUT2D eigenvalue weighted by molar-refractivity contribution is 9.10. The highest BCUT2D eigenvalue weighted by Crippen LogP contribution is 2.15. The molecule has 0 spiro atoms. The van der Waals surface area contributed by atoms with Crippen LogP contribution in [0.15, 0.2) is 64.1 Å². The van der Waals surface area contributed by atoms with Crippen molar-refractivity contribution in [3.05, 3.63) is 75.2 Å². The first-order valence-corrected chi connectivity index (χ1v) is 10.3. The third kappa shape index (κ3) is 5.74. The summed E-state index contributed by atoms with van der Waals surface area (Å²) >= 11 is 3.38. The van der Waals surface area contributed by atoms with E-state index in [4.69, 9.17) is 4.74 Å². The number of carbonyl (C=O) groups is 1. The maximum absolute atomic E-state index is 12.9. The summed E-state index contributed by atoms with van der Waals surface area (Å²) in [6, 6.07) is 15.5. The first-order valence-electron chi connectivity index (χ1n) is 9.54. The number of rotatable bonds is 9. The number of methoxy groups -OCH3 is 1. The van der Waals surface area contributed by atoms with Crippen molar-refractivity contribution in [1.29, 1.82) is 0 Å². The fourth-order valence-electron chi connectivity index (χ4n) is 3.17. The van der Waals surface area contributed by atoms with Gasteiger partial charge in [0.05, 0.1) is 23.8 Å². The molecule has 1 heterocycles. The summed E-state index contributed by atoms with van der Waals surface area (Å²) in [5, 5.41) is 0.488. The van der Waals surface area contributed by atoms with Gasteiger partial charge in [-0.1, -0.05) is 46.3 Å². The molecule has 0 aliphatic heterocycles. The van der Waals surface area contributed by atoms with E-state index < -0.39 is 0 Å². The molecular weight excluding hydrogens is 434 g/mol. The van der Waals surface area contributed by atoms with E-state index in [0.717, 1.165) is 17.3 Å². The first kappa shape index (κ1) is 21.2. The number of hydrogen-bond acceptors (Lipinski definition) is 4. The number of aromatic nitrogens is 2. The van der Waals surface area contributed by atoms with E-state index in [1.165, 1.54) is 16.5 Å². The van der Waals surface area contributed by atoms with E-state index in [-0.39, 0.29) is 18.0 Å². The Morgan fingerprint density at radius 2 is 1.97 bits per heavy atom. The van der Waals surface area contributed by atoms with Gasteiger partial charge in [-0.2, -0.15) is 0 Å². The predicted molar refractivity (Wildman–Crippen MR) is 117 cm³/mol. The van der Waals surface area contributed by atoms with Gasteiger partial charge in [0.2, 0.25) is 5.91 Å². The molecule has 0 aliphatic carbocycles. The van der Waals surface area contributed by atoms with Gasteiger partial charge in [-0.25, -0.2) is 4.98 Å². The second-order valence-electron chi connectivity index (χ2n) is 6.80. The topological polar surface area (TPSA) is 64.4 Å². The summed E-state index contributed by atoms with van der Waals surface area (Å²) in [7, 11) is 1.61. The summed E-state index contributed by atoms with van der Waals surface area (Å²) in [4.78, 5) is 31.7. The van der Waals surface area contributed by atoms with Gasteiger partial charge in [0, 0.05) is 24.7 Å². The number of amides is 1. The van der Waals surface area contributed by atoms with Gasteiger partial charge in [0.1, 0.15) is 6.54 Å². The molecule has 1 aromatic heterocycles. The van der Waals surface area contributed by atoms with Gasteiger partial charge in [-0.3, -0.25) is 14.2 Å². The molecule has 152 valence electrons. The first-order chi connectivity index (χ1) is 14.1. The van der Waals surface area contributed by atoms with Crippen molar-refractivity contribution in [3.8, 4) is 0 Å². The zero-order valence-electron chi connectivity index (χ0n) is 16.4. The van der Waals surface area contributed by atoms with E-state index in [0.29, 0.717) is 30.6 Å². The van der Waals surface area contributed by atoms with Crippen LogP contribution >= 0.6 is 15.9 Å². The average Bonchev–Trinajstić information content (AvgIpc) is 2.73. The van der Waals surface area contributed by atoms with Gasteiger partial charge in [-0.05, 0) is 36.6 Å². The molecule has 0 saturated carbocycles. The zero-order valence-corrected chi connectivity index (χ0v) is 18.0. The van der Waals surface area contributed by atoms with Gasteiger partial charge in [0.25, 0.3) is 5.56 Å². The highest BCUT2D eigenvalue weighted by atomic mass is 79.9. The lowest BCUT2D eigenvalue weighted by Gasteiger charge is -2.23. The molecule has 0 aliphatic rings. The number of carbonyl (C=O) groups excluding carboxylic acids is 1. The van der Waals surface area contributed by atoms with E-state index in [1.54, 1.807) is 24.1 Å². The number of fused-ring (bicyclic) bond motifs is 1. The lowest BCUT2D eigenvalue weighted by Crippen LogP contribution is -2.39. The van der Waals surface area contributed by atoms with Gasteiger partial charge >= 0.3 is 0 Å². The van der Waals surface area contributed by atoms with E-state index in [9.17, 15) is 9.59 Å². The fraction of sp³-hybridized carbons (Fsp3) is 0.318. The molecule has 0 atom stereocenters. The van der Waals surface area contributed by atoms with Crippen LogP contribution in [0.5, 0.6) is 0 Å². The Balaban J connectivity index is 1.69. The number of nitrogens with zero attached hydrogens (tertiary/aromatic N) is 3. The Morgan fingerprint density at radius 3 is 2.72 bits per heavy atom. The van der Waals surface area contributed by atoms with Crippen LogP contribution in [-0.2, 0) is 22.5 Å². The number of ether oxygens (including phenoxy) is 1. The minimum atomic E-state index is -0.222. The second-order valence-corrected chi connectivity index (χ2v) is 7.72. The normalized spacial score (nSPS) is 11.0. The van der Waals surface area contributed by atoms with Crippen LogP contribution in [0.25, 0.3) is 10.9 Å². The molecular formula is C22H24BrN3O3. The Hall–Kier alpha value is -2.51. The molecule has 0 fully saturated rings. The summed E-state index contributed by atoms with van der Waals surface area (Å²) in [5.41, 5.74) is 1.63. The van der Waals surface area contributed by atoms with E-state index in [1.807, 2.05) is 24.3 Å². The maximum atomic E-state index is 12.9. The Morgan fingerprint density at radius 1 is 1.17 bits per heavy atom. The third-order valence-electron chi connectivity index (χ3n) is 4.75. The van der Waals surface area contributed by atoms with Crippen molar-refractivity contribution in [3.63, 3.8) is 0 Å². The quantitative estimate of drug-likeness (QED) is 0.494. The molecule has 1 amide bonds. The Kier molecular flexibility index (Phi) is 7.55. The minimum absolute atomic E-state index is 0.0384. The molecule has 3 aromatic rings. The van der Waals surface area contributed by atoms with Crippen LogP contribution < -0.4 is 5.56 Å². The van der Waals surface area contributed by atoms with Gasteiger partial charge in [-0.15, -0.1) is 0 Å². The SMILES string of the molecule is COCCN(CCCc1ccccc1)C(=O)Cn1cnc2ccc(Br)cc2c1=O. The van der Waals surface area contributed by atoms with Crippen LogP contribution in [-0.4, -0.2) is 47.2 Å². The number of halogens is 1. The van der Waals surface area contributed by atoms with Crippen molar-refractivity contribution in [1.82, 2.24) is 14.5 Å². The van der Waals surface area contributed by atoms with Crippen molar-refractivity contribution >= 4 is 32.7 Å². The van der Waals surface area contributed by atoms with Crippen LogP contribution in [0.3, 0.4) is 0 Å². The van der Waals surface area contributed by atoms with E-state index in [2.05, 4.69) is 33.0 Å².